The molecule has 0 spiro atoms. The van der Waals surface area contributed by atoms with Gasteiger partial charge in [-0.25, -0.2) is 0 Å². The summed E-state index contributed by atoms with van der Waals surface area (Å²) in [6, 6.07) is 20.9. The van der Waals surface area contributed by atoms with Crippen LogP contribution < -0.4 is 5.32 Å². The molecular formula is C24H25NOS. The lowest BCUT2D eigenvalue weighted by Crippen LogP contribution is -2.39. The Morgan fingerprint density at radius 2 is 1.63 bits per heavy atom. The van der Waals surface area contributed by atoms with Crippen LogP contribution in [0.2, 0.25) is 0 Å². The highest BCUT2D eigenvalue weighted by molar-refractivity contribution is 7.08. The maximum absolute atomic E-state index is 12.5. The van der Waals surface area contributed by atoms with Gasteiger partial charge in [-0.05, 0) is 51.9 Å². The van der Waals surface area contributed by atoms with E-state index in [0.717, 1.165) is 12.1 Å². The van der Waals surface area contributed by atoms with Crippen LogP contribution in [-0.2, 0) is 16.6 Å². The summed E-state index contributed by atoms with van der Waals surface area (Å²) >= 11 is 1.75. The standard InChI is InChI=1S/C24H25NOS/c26-23(25-18-24(13-4-5-14-24)22-12-15-27-17-22)16-19-8-10-21(11-9-19)20-6-2-1-3-7-20/h1-3,6-12,15,17H,4-5,13-14,16,18H2,(H,25,26). The number of rotatable bonds is 6. The minimum absolute atomic E-state index is 0.115. The van der Waals surface area contributed by atoms with E-state index in [0.29, 0.717) is 6.42 Å². The summed E-state index contributed by atoms with van der Waals surface area (Å²) in [5, 5.41) is 7.61. The van der Waals surface area contributed by atoms with Crippen LogP contribution in [0.4, 0.5) is 0 Å². The molecule has 1 heterocycles. The summed E-state index contributed by atoms with van der Waals surface area (Å²) in [4.78, 5) is 12.5. The Labute approximate surface area is 165 Å². The van der Waals surface area contributed by atoms with Crippen molar-refractivity contribution in [1.29, 1.82) is 0 Å². The lowest BCUT2D eigenvalue weighted by Gasteiger charge is -2.28. The second kappa shape index (κ2) is 8.10. The van der Waals surface area contributed by atoms with E-state index >= 15 is 0 Å². The number of hydrogen-bond acceptors (Lipinski definition) is 2. The number of carbonyl (C=O) groups is 1. The predicted molar refractivity (Wildman–Crippen MR) is 113 cm³/mol. The number of nitrogens with one attached hydrogen (secondary N) is 1. The van der Waals surface area contributed by atoms with E-state index in [2.05, 4.69) is 58.5 Å². The Morgan fingerprint density at radius 1 is 0.926 bits per heavy atom. The Morgan fingerprint density at radius 3 is 2.30 bits per heavy atom. The minimum Gasteiger partial charge on any atom is -0.355 e. The molecule has 2 aromatic carbocycles. The van der Waals surface area contributed by atoms with Crippen LogP contribution in [0.1, 0.15) is 36.8 Å². The van der Waals surface area contributed by atoms with E-state index in [4.69, 9.17) is 0 Å². The third-order valence-corrected chi connectivity index (χ3v) is 6.43. The summed E-state index contributed by atoms with van der Waals surface area (Å²) in [5.74, 6) is 0.115. The number of thiophene rings is 1. The molecule has 1 N–H and O–H groups in total. The molecule has 3 aromatic rings. The van der Waals surface area contributed by atoms with Crippen LogP contribution in [0.15, 0.2) is 71.4 Å². The van der Waals surface area contributed by atoms with Gasteiger partial charge in [-0.15, -0.1) is 0 Å². The Kier molecular flexibility index (Phi) is 5.40. The van der Waals surface area contributed by atoms with Gasteiger partial charge < -0.3 is 5.32 Å². The van der Waals surface area contributed by atoms with Crippen LogP contribution in [0.25, 0.3) is 11.1 Å². The molecule has 1 aliphatic carbocycles. The fraction of sp³-hybridized carbons (Fsp3) is 0.292. The van der Waals surface area contributed by atoms with E-state index < -0.39 is 0 Å². The van der Waals surface area contributed by atoms with Crippen molar-refractivity contribution in [1.82, 2.24) is 5.32 Å². The Balaban J connectivity index is 1.37. The minimum atomic E-state index is 0.115. The molecule has 138 valence electrons. The van der Waals surface area contributed by atoms with Crippen LogP contribution in [-0.4, -0.2) is 12.5 Å². The van der Waals surface area contributed by atoms with Crippen molar-refractivity contribution in [2.24, 2.45) is 0 Å². The average molecular weight is 376 g/mol. The molecule has 4 rings (SSSR count). The molecule has 0 bridgehead atoms. The molecule has 0 saturated heterocycles. The maximum Gasteiger partial charge on any atom is 0.224 e. The quantitative estimate of drug-likeness (QED) is 0.598. The Bertz CT molecular complexity index is 863. The second-order valence-corrected chi connectivity index (χ2v) is 8.30. The van der Waals surface area contributed by atoms with Gasteiger partial charge in [0, 0.05) is 12.0 Å². The molecule has 0 unspecified atom stereocenters. The summed E-state index contributed by atoms with van der Waals surface area (Å²) in [6.07, 6.45) is 5.31. The third-order valence-electron chi connectivity index (χ3n) is 5.74. The molecular weight excluding hydrogens is 350 g/mol. The number of benzene rings is 2. The molecule has 0 aliphatic heterocycles. The largest absolute Gasteiger partial charge is 0.355 e. The molecule has 1 fully saturated rings. The number of hydrogen-bond donors (Lipinski definition) is 1. The zero-order chi connectivity index (χ0) is 18.5. The molecule has 3 heteroatoms. The monoisotopic (exact) mass is 375 g/mol. The normalized spacial score (nSPS) is 15.6. The van der Waals surface area contributed by atoms with Gasteiger partial charge in [-0.1, -0.05) is 67.4 Å². The van der Waals surface area contributed by atoms with Crippen molar-refractivity contribution in [3.05, 3.63) is 82.6 Å². The molecule has 1 aromatic heterocycles. The highest BCUT2D eigenvalue weighted by Gasteiger charge is 2.36. The van der Waals surface area contributed by atoms with Gasteiger partial charge in [0.25, 0.3) is 0 Å². The van der Waals surface area contributed by atoms with E-state index in [1.54, 1.807) is 11.3 Å². The van der Waals surface area contributed by atoms with Gasteiger partial charge in [-0.3, -0.25) is 4.79 Å². The Hall–Kier alpha value is -2.39. The number of carbonyl (C=O) groups excluding carboxylic acids is 1. The second-order valence-electron chi connectivity index (χ2n) is 7.52. The van der Waals surface area contributed by atoms with Crippen molar-refractivity contribution < 1.29 is 4.79 Å². The molecule has 1 aliphatic rings. The molecule has 27 heavy (non-hydrogen) atoms. The SMILES string of the molecule is O=C(Cc1ccc(-c2ccccc2)cc1)NCC1(c2ccsc2)CCCC1. The molecule has 0 atom stereocenters. The number of amides is 1. The van der Waals surface area contributed by atoms with Crippen LogP contribution in [0.5, 0.6) is 0 Å². The van der Waals surface area contributed by atoms with Crippen molar-refractivity contribution in [2.75, 3.05) is 6.54 Å². The summed E-state index contributed by atoms with van der Waals surface area (Å²) < 4.78 is 0. The molecule has 0 radical (unpaired) electrons. The first-order valence-corrected chi connectivity index (χ1v) is 10.6. The topological polar surface area (TPSA) is 29.1 Å². The highest BCUT2D eigenvalue weighted by atomic mass is 32.1. The van der Waals surface area contributed by atoms with Gasteiger partial charge >= 0.3 is 0 Å². The summed E-state index contributed by atoms with van der Waals surface area (Å²) in [6.45, 7) is 0.755. The predicted octanol–water partition coefficient (Wildman–Crippen LogP) is 5.59. The lowest BCUT2D eigenvalue weighted by molar-refractivity contribution is -0.120. The smallest absolute Gasteiger partial charge is 0.224 e. The maximum atomic E-state index is 12.5. The van der Waals surface area contributed by atoms with E-state index in [9.17, 15) is 4.79 Å². The van der Waals surface area contributed by atoms with Gasteiger partial charge in [-0.2, -0.15) is 11.3 Å². The van der Waals surface area contributed by atoms with Crippen LogP contribution in [0.3, 0.4) is 0 Å². The zero-order valence-corrected chi connectivity index (χ0v) is 16.3. The lowest BCUT2D eigenvalue weighted by atomic mass is 9.80. The van der Waals surface area contributed by atoms with E-state index in [1.165, 1.54) is 42.4 Å². The van der Waals surface area contributed by atoms with Crippen LogP contribution in [0, 0.1) is 0 Å². The van der Waals surface area contributed by atoms with Gasteiger partial charge in [0.2, 0.25) is 5.91 Å². The van der Waals surface area contributed by atoms with Crippen molar-refractivity contribution in [2.45, 2.75) is 37.5 Å². The van der Waals surface area contributed by atoms with Crippen LogP contribution >= 0.6 is 11.3 Å². The zero-order valence-electron chi connectivity index (χ0n) is 15.5. The van der Waals surface area contributed by atoms with Crippen molar-refractivity contribution >= 4 is 17.2 Å². The first kappa shape index (κ1) is 18.0. The first-order chi connectivity index (χ1) is 13.3. The molecule has 1 saturated carbocycles. The van der Waals surface area contributed by atoms with Crippen molar-refractivity contribution in [3.63, 3.8) is 0 Å². The van der Waals surface area contributed by atoms with E-state index in [-0.39, 0.29) is 11.3 Å². The van der Waals surface area contributed by atoms with Crippen molar-refractivity contribution in [3.8, 4) is 11.1 Å². The fourth-order valence-corrected chi connectivity index (χ4v) is 4.93. The first-order valence-electron chi connectivity index (χ1n) is 9.69. The highest BCUT2D eigenvalue weighted by Crippen LogP contribution is 2.41. The fourth-order valence-electron chi connectivity index (χ4n) is 4.15. The van der Waals surface area contributed by atoms with Gasteiger partial charge in [0.05, 0.1) is 6.42 Å². The molecule has 2 nitrogen and oxygen atoms in total. The average Bonchev–Trinajstić information content (AvgIpc) is 3.40. The summed E-state index contributed by atoms with van der Waals surface area (Å²) in [7, 11) is 0. The van der Waals surface area contributed by atoms with Gasteiger partial charge in [0.1, 0.15) is 0 Å². The summed E-state index contributed by atoms with van der Waals surface area (Å²) in [5.41, 5.74) is 4.99. The third kappa shape index (κ3) is 4.14. The van der Waals surface area contributed by atoms with E-state index in [1.807, 2.05) is 18.2 Å². The van der Waals surface area contributed by atoms with Gasteiger partial charge in [0.15, 0.2) is 0 Å². The molecule has 1 amide bonds.